The molecule has 2 bridgehead atoms. The molecule has 15 nitrogen and oxygen atoms in total. The highest BCUT2D eigenvalue weighted by Crippen LogP contribution is 2.58. The van der Waals surface area contributed by atoms with Crippen molar-refractivity contribution in [3.63, 3.8) is 0 Å². The van der Waals surface area contributed by atoms with Crippen molar-refractivity contribution in [3.8, 4) is 39.7 Å². The maximum Gasteiger partial charge on any atom is 0.407 e. The number of nitrogens with one attached hydrogen (secondary N) is 4. The molecule has 2 aliphatic carbocycles. The Bertz CT molecular complexity index is 2590. The Labute approximate surface area is 365 Å². The highest BCUT2D eigenvalue weighted by atomic mass is 16.5. The van der Waals surface area contributed by atoms with Gasteiger partial charge in [-0.15, -0.1) is 0 Å². The molecule has 2 aliphatic heterocycles. The van der Waals surface area contributed by atoms with Crippen LogP contribution in [0.1, 0.15) is 88.9 Å². The molecular formula is C48H53N9O6. The molecule has 5 aromatic rings. The molecule has 4 N–H and O–H groups in total. The minimum Gasteiger partial charge on any atom is -0.453 e. The van der Waals surface area contributed by atoms with Crippen LogP contribution in [0, 0.1) is 28.6 Å². The molecule has 3 aromatic carbocycles. The van der Waals surface area contributed by atoms with Crippen LogP contribution in [0.25, 0.3) is 44.4 Å². The van der Waals surface area contributed by atoms with Gasteiger partial charge in [0, 0.05) is 24.6 Å². The molecular weight excluding hydrogens is 799 g/mol. The zero-order valence-electron chi connectivity index (χ0n) is 36.0. The van der Waals surface area contributed by atoms with Crippen LogP contribution < -0.4 is 10.6 Å². The Morgan fingerprint density at radius 1 is 0.825 bits per heavy atom. The SMILES string of the molecule is COC(=O)N[C@@H](CCC#N)C(=O)N1CC2(CC2)C[C@H]1c1ncc(-c2ccc3cc(-c4ccc(-c5cnc([C@@H]6[C@H]7CC[C@H](C7)N6C(=O)[C@@H](NC(=O)OC)C(C)C)[nH]5)cc4)ccc3c2)[nH]1. The molecule has 4 amide bonds. The van der Waals surface area contributed by atoms with Gasteiger partial charge in [-0.05, 0) is 102 Å². The zero-order valence-corrected chi connectivity index (χ0v) is 36.0. The summed E-state index contributed by atoms with van der Waals surface area (Å²) in [5.74, 6) is 1.35. The van der Waals surface area contributed by atoms with Crippen molar-refractivity contribution >= 4 is 34.8 Å². The Hall–Kier alpha value is -6.69. The third-order valence-corrected chi connectivity index (χ3v) is 13.8. The van der Waals surface area contributed by atoms with Crippen LogP contribution in [-0.2, 0) is 19.1 Å². The summed E-state index contributed by atoms with van der Waals surface area (Å²) in [5.41, 5.74) is 5.92. The summed E-state index contributed by atoms with van der Waals surface area (Å²) < 4.78 is 9.60. The quantitative estimate of drug-likeness (QED) is 0.0967. The van der Waals surface area contributed by atoms with Crippen molar-refractivity contribution in [2.24, 2.45) is 17.3 Å². The highest BCUT2D eigenvalue weighted by molar-refractivity contribution is 5.91. The molecule has 1 spiro atoms. The Balaban J connectivity index is 0.890. The van der Waals surface area contributed by atoms with Gasteiger partial charge in [-0.25, -0.2) is 19.6 Å². The van der Waals surface area contributed by atoms with Gasteiger partial charge in [-0.2, -0.15) is 5.26 Å². The van der Waals surface area contributed by atoms with Crippen LogP contribution >= 0.6 is 0 Å². The largest absolute Gasteiger partial charge is 0.453 e. The van der Waals surface area contributed by atoms with Crippen molar-refractivity contribution in [3.05, 3.63) is 84.7 Å². The molecule has 326 valence electrons. The fourth-order valence-electron chi connectivity index (χ4n) is 10.2. The molecule has 6 atom stereocenters. The predicted molar refractivity (Wildman–Crippen MR) is 234 cm³/mol. The van der Waals surface area contributed by atoms with Crippen LogP contribution in [0.15, 0.2) is 73.1 Å². The zero-order chi connectivity index (χ0) is 44.0. The summed E-state index contributed by atoms with van der Waals surface area (Å²) in [5, 5.41) is 16.8. The standard InChI is InChI=1S/C48H53N9O6/c1-27(2)40(55-47(61)63-4)45(59)57-35-16-15-34(22-35)41(57)43-51-24-37(53-43)29-9-7-28(8-10-29)30-11-12-32-21-33(14-13-31(32)20-30)38-25-50-42(52-38)39-23-48(17-18-48)26-56(39)44(58)36(6-5-19-49)54-46(60)62-3/h7-14,20-21,24-25,27,34-36,39-41H,5-6,15-18,22-23,26H2,1-4H3,(H,50,52)(H,51,53)(H,54,60)(H,55,61)/t34-,35+,36-,39-,40-,41-/m0/s1. The van der Waals surface area contributed by atoms with E-state index in [1.165, 1.54) is 14.2 Å². The van der Waals surface area contributed by atoms with Crippen LogP contribution in [0.3, 0.4) is 0 Å². The summed E-state index contributed by atoms with van der Waals surface area (Å²) in [7, 11) is 2.56. The first-order chi connectivity index (χ1) is 30.5. The van der Waals surface area contributed by atoms with E-state index in [2.05, 4.69) is 87.3 Å². The van der Waals surface area contributed by atoms with E-state index >= 15 is 0 Å². The third-order valence-electron chi connectivity index (χ3n) is 13.8. The van der Waals surface area contributed by atoms with Crippen LogP contribution in [0.2, 0.25) is 0 Å². The minimum absolute atomic E-state index is 0.0626. The number of likely N-dealkylation sites (tertiary alicyclic amines) is 2. The molecule has 2 saturated heterocycles. The van der Waals surface area contributed by atoms with Gasteiger partial charge in [0.15, 0.2) is 0 Å². The fourth-order valence-corrected chi connectivity index (χ4v) is 10.2. The number of alkyl carbamates (subject to hydrolysis) is 2. The molecule has 15 heteroatoms. The molecule has 4 fully saturated rings. The van der Waals surface area contributed by atoms with E-state index in [-0.39, 0.29) is 54.1 Å². The number of nitrogens with zero attached hydrogens (tertiary/aromatic N) is 5. The Morgan fingerprint density at radius 3 is 2.13 bits per heavy atom. The van der Waals surface area contributed by atoms with Gasteiger partial charge in [-0.1, -0.05) is 62.4 Å². The lowest BCUT2D eigenvalue weighted by atomic mass is 9.95. The minimum atomic E-state index is -0.859. The predicted octanol–water partition coefficient (Wildman–Crippen LogP) is 7.80. The number of amides is 4. The van der Waals surface area contributed by atoms with Gasteiger partial charge < -0.3 is 39.9 Å². The Kier molecular flexibility index (Phi) is 11.2. The third kappa shape index (κ3) is 8.10. The van der Waals surface area contributed by atoms with Crippen LogP contribution in [0.4, 0.5) is 9.59 Å². The maximum atomic E-state index is 14.0. The molecule has 4 heterocycles. The van der Waals surface area contributed by atoms with Crippen molar-refractivity contribution < 1.29 is 28.7 Å². The summed E-state index contributed by atoms with van der Waals surface area (Å²) in [6, 6.07) is 21.3. The number of carbonyl (C=O) groups excluding carboxylic acids is 4. The topological polar surface area (TPSA) is 198 Å². The number of nitriles is 1. The Morgan fingerprint density at radius 2 is 1.44 bits per heavy atom. The molecule has 0 radical (unpaired) electrons. The number of methoxy groups -OCH3 is 2. The number of imidazole rings is 2. The maximum absolute atomic E-state index is 14.0. The summed E-state index contributed by atoms with van der Waals surface area (Å²) in [6.45, 7) is 4.44. The number of piperidine rings is 1. The van der Waals surface area contributed by atoms with Crippen molar-refractivity contribution in [1.29, 1.82) is 5.26 Å². The van der Waals surface area contributed by atoms with E-state index in [1.54, 1.807) is 0 Å². The number of aromatic nitrogens is 4. The smallest absolute Gasteiger partial charge is 0.407 e. The number of benzene rings is 3. The number of ether oxygens (including phenoxy) is 2. The number of H-pyrrole nitrogens is 2. The van der Waals surface area contributed by atoms with E-state index in [1.807, 2.05) is 36.0 Å². The van der Waals surface area contributed by atoms with E-state index in [0.717, 1.165) is 88.8 Å². The lowest BCUT2D eigenvalue weighted by molar-refractivity contribution is -0.139. The van der Waals surface area contributed by atoms with Gasteiger partial charge in [0.05, 0.1) is 56.2 Å². The second-order valence-electron chi connectivity index (χ2n) is 18.1. The molecule has 4 aliphatic rings. The molecule has 0 unspecified atom stereocenters. The van der Waals surface area contributed by atoms with Gasteiger partial charge in [0.25, 0.3) is 0 Å². The summed E-state index contributed by atoms with van der Waals surface area (Å²) in [6.07, 6.45) is 8.46. The average molecular weight is 852 g/mol. The van der Waals surface area contributed by atoms with Crippen molar-refractivity contribution in [1.82, 2.24) is 40.4 Å². The number of aromatic amines is 2. The first-order valence-electron chi connectivity index (χ1n) is 21.9. The first-order valence-corrected chi connectivity index (χ1v) is 21.9. The van der Waals surface area contributed by atoms with E-state index in [9.17, 15) is 24.4 Å². The average Bonchev–Trinajstić information content (AvgIpc) is 3.94. The molecule has 9 rings (SSSR count). The lowest BCUT2D eigenvalue weighted by Crippen LogP contribution is -2.54. The number of fused-ring (bicyclic) bond motifs is 3. The van der Waals surface area contributed by atoms with E-state index < -0.39 is 24.3 Å². The number of hydrogen-bond acceptors (Lipinski definition) is 9. The summed E-state index contributed by atoms with van der Waals surface area (Å²) in [4.78, 5) is 72.5. The normalized spacial score (nSPS) is 21.7. The van der Waals surface area contributed by atoms with Gasteiger partial charge in [0.2, 0.25) is 11.8 Å². The first kappa shape index (κ1) is 41.7. The number of hydrogen-bond donors (Lipinski definition) is 4. The van der Waals surface area contributed by atoms with Gasteiger partial charge in [0.1, 0.15) is 23.7 Å². The molecule has 2 aromatic heterocycles. The second kappa shape index (κ2) is 16.9. The summed E-state index contributed by atoms with van der Waals surface area (Å²) >= 11 is 0. The monoisotopic (exact) mass is 851 g/mol. The van der Waals surface area contributed by atoms with Crippen molar-refractivity contribution in [2.45, 2.75) is 95.4 Å². The van der Waals surface area contributed by atoms with Crippen LogP contribution in [-0.4, -0.2) is 92.6 Å². The second-order valence-corrected chi connectivity index (χ2v) is 18.1. The fraction of sp³-hybridized carbons (Fsp3) is 0.438. The highest BCUT2D eigenvalue weighted by Gasteiger charge is 2.55. The lowest BCUT2D eigenvalue weighted by Gasteiger charge is -2.37. The van der Waals surface area contributed by atoms with Crippen LogP contribution in [0.5, 0.6) is 0 Å². The van der Waals surface area contributed by atoms with E-state index in [0.29, 0.717) is 18.3 Å². The van der Waals surface area contributed by atoms with Gasteiger partial charge >= 0.3 is 12.2 Å². The number of rotatable bonds is 12. The van der Waals surface area contributed by atoms with Gasteiger partial charge in [-0.3, -0.25) is 9.59 Å². The molecule has 2 saturated carbocycles. The number of carbonyl (C=O) groups is 4. The molecule has 63 heavy (non-hydrogen) atoms. The van der Waals surface area contributed by atoms with Crippen molar-refractivity contribution in [2.75, 3.05) is 20.8 Å². The van der Waals surface area contributed by atoms with E-state index in [4.69, 9.17) is 19.4 Å².